The number of halogens is 1. The van der Waals surface area contributed by atoms with Crippen LogP contribution < -0.4 is 9.47 Å². The smallest absolute Gasteiger partial charge is 0.295 e. The molecule has 0 bridgehead atoms. The lowest BCUT2D eigenvalue weighted by atomic mass is 9.94. The van der Waals surface area contributed by atoms with Crippen molar-refractivity contribution in [2.24, 2.45) is 0 Å². The molecule has 1 aliphatic rings. The maximum absolute atomic E-state index is 12.9. The molecular formula is C22H22ClNO6. The van der Waals surface area contributed by atoms with E-state index in [1.807, 2.05) is 6.92 Å². The Morgan fingerprint density at radius 2 is 1.87 bits per heavy atom. The van der Waals surface area contributed by atoms with Gasteiger partial charge in [-0.05, 0) is 42.3 Å². The summed E-state index contributed by atoms with van der Waals surface area (Å²) in [4.78, 5) is 27.1. The lowest BCUT2D eigenvalue weighted by Crippen LogP contribution is -2.30. The fourth-order valence-corrected chi connectivity index (χ4v) is 3.72. The van der Waals surface area contributed by atoms with Crippen LogP contribution in [0.5, 0.6) is 17.2 Å². The molecule has 7 nitrogen and oxygen atoms in total. The van der Waals surface area contributed by atoms with Crippen LogP contribution >= 0.6 is 11.6 Å². The number of rotatable bonds is 6. The van der Waals surface area contributed by atoms with Crippen LogP contribution in [0.3, 0.4) is 0 Å². The van der Waals surface area contributed by atoms with E-state index < -0.39 is 17.7 Å². The Kier molecular flexibility index (Phi) is 6.22. The van der Waals surface area contributed by atoms with Gasteiger partial charge in [0.05, 0.1) is 36.4 Å². The second-order valence-electron chi connectivity index (χ2n) is 6.77. The van der Waals surface area contributed by atoms with Crippen LogP contribution in [-0.2, 0) is 9.59 Å². The van der Waals surface area contributed by atoms with Gasteiger partial charge in [0.1, 0.15) is 23.0 Å². The number of phenols is 1. The Morgan fingerprint density at radius 3 is 2.47 bits per heavy atom. The molecule has 1 atom stereocenters. The first kappa shape index (κ1) is 21.5. The molecule has 1 fully saturated rings. The highest BCUT2D eigenvalue weighted by Gasteiger charge is 2.46. The first-order valence-corrected chi connectivity index (χ1v) is 9.71. The quantitative estimate of drug-likeness (QED) is 0.409. The number of hydrogen-bond donors (Lipinski definition) is 2. The molecule has 0 spiro atoms. The summed E-state index contributed by atoms with van der Waals surface area (Å²) in [6.45, 7) is 2.19. The summed E-state index contributed by atoms with van der Waals surface area (Å²) in [6, 6.07) is 8.35. The van der Waals surface area contributed by atoms with Crippen LogP contribution in [0.25, 0.3) is 5.76 Å². The third-order valence-corrected chi connectivity index (χ3v) is 5.26. The van der Waals surface area contributed by atoms with E-state index >= 15 is 0 Å². The zero-order valence-corrected chi connectivity index (χ0v) is 17.6. The van der Waals surface area contributed by atoms with Crippen LogP contribution in [0, 0.1) is 0 Å². The van der Waals surface area contributed by atoms with Crippen molar-refractivity contribution in [3.05, 3.63) is 58.1 Å². The van der Waals surface area contributed by atoms with Crippen LogP contribution in [0.15, 0.2) is 42.0 Å². The molecule has 0 aromatic heterocycles. The Morgan fingerprint density at radius 1 is 1.13 bits per heavy atom. The molecule has 2 aromatic rings. The van der Waals surface area contributed by atoms with Crippen molar-refractivity contribution in [3.8, 4) is 17.2 Å². The predicted octanol–water partition coefficient (Wildman–Crippen LogP) is 3.89. The summed E-state index contributed by atoms with van der Waals surface area (Å²) in [5.74, 6) is -1.25. The van der Waals surface area contributed by atoms with Crippen molar-refractivity contribution in [2.75, 3.05) is 20.8 Å². The Bertz CT molecular complexity index is 1030. The summed E-state index contributed by atoms with van der Waals surface area (Å²) in [6.07, 6.45) is 0.609. The summed E-state index contributed by atoms with van der Waals surface area (Å²) >= 11 is 6.07. The van der Waals surface area contributed by atoms with Crippen LogP contribution in [-0.4, -0.2) is 47.6 Å². The van der Waals surface area contributed by atoms with Gasteiger partial charge in [0, 0.05) is 6.54 Å². The third kappa shape index (κ3) is 3.68. The molecule has 0 radical (unpaired) electrons. The molecule has 158 valence electrons. The fourth-order valence-electron chi connectivity index (χ4n) is 3.54. The lowest BCUT2D eigenvalue weighted by molar-refractivity contribution is -0.139. The number of amides is 1. The molecule has 1 amide bonds. The summed E-state index contributed by atoms with van der Waals surface area (Å²) in [5.41, 5.74) is 0.636. The second-order valence-corrected chi connectivity index (χ2v) is 7.18. The van der Waals surface area contributed by atoms with E-state index in [2.05, 4.69) is 0 Å². The number of carbonyl (C=O) groups is 2. The van der Waals surface area contributed by atoms with E-state index in [1.165, 1.54) is 37.3 Å². The number of nitrogens with zero attached hydrogens (tertiary/aromatic N) is 1. The summed E-state index contributed by atoms with van der Waals surface area (Å²) < 4.78 is 10.5. The molecule has 2 aromatic carbocycles. The number of ether oxygens (including phenoxy) is 2. The third-order valence-electron chi connectivity index (χ3n) is 4.95. The average molecular weight is 432 g/mol. The highest BCUT2D eigenvalue weighted by Crippen LogP contribution is 2.42. The Hall–Kier alpha value is -3.19. The highest BCUT2D eigenvalue weighted by molar-refractivity contribution is 6.46. The largest absolute Gasteiger partial charge is 0.507 e. The number of likely N-dealkylation sites (tertiary alicyclic amines) is 1. The van der Waals surface area contributed by atoms with Gasteiger partial charge in [0.25, 0.3) is 11.7 Å². The van der Waals surface area contributed by atoms with E-state index in [-0.39, 0.29) is 27.7 Å². The fraction of sp³-hybridized carbons (Fsp3) is 0.273. The number of benzene rings is 2. The number of phenolic OH excluding ortho intramolecular Hbond substituents is 1. The molecule has 0 saturated carbocycles. The minimum Gasteiger partial charge on any atom is -0.507 e. The lowest BCUT2D eigenvalue weighted by Gasteiger charge is -2.25. The van der Waals surface area contributed by atoms with Gasteiger partial charge in [-0.25, -0.2) is 0 Å². The second kappa shape index (κ2) is 8.67. The van der Waals surface area contributed by atoms with E-state index in [1.54, 1.807) is 18.2 Å². The van der Waals surface area contributed by atoms with Gasteiger partial charge in [-0.15, -0.1) is 0 Å². The van der Waals surface area contributed by atoms with Crippen LogP contribution in [0.2, 0.25) is 5.02 Å². The van der Waals surface area contributed by atoms with Crippen molar-refractivity contribution in [1.29, 1.82) is 0 Å². The summed E-state index contributed by atoms with van der Waals surface area (Å²) in [5, 5.41) is 21.0. The van der Waals surface area contributed by atoms with Gasteiger partial charge < -0.3 is 24.6 Å². The molecular weight excluding hydrogens is 410 g/mol. The normalized spacial score (nSPS) is 18.0. The van der Waals surface area contributed by atoms with Crippen molar-refractivity contribution < 1.29 is 29.3 Å². The van der Waals surface area contributed by atoms with Crippen molar-refractivity contribution in [1.82, 2.24) is 4.90 Å². The molecule has 8 heteroatoms. The van der Waals surface area contributed by atoms with E-state index in [0.29, 0.717) is 30.0 Å². The van der Waals surface area contributed by atoms with Gasteiger partial charge in [0.2, 0.25) is 0 Å². The number of hydrogen-bond acceptors (Lipinski definition) is 6. The Labute approximate surface area is 179 Å². The zero-order chi connectivity index (χ0) is 22.0. The highest BCUT2D eigenvalue weighted by atomic mass is 35.5. The van der Waals surface area contributed by atoms with Gasteiger partial charge in [0.15, 0.2) is 0 Å². The van der Waals surface area contributed by atoms with Crippen molar-refractivity contribution in [3.63, 3.8) is 0 Å². The minimum atomic E-state index is -0.862. The maximum atomic E-state index is 12.9. The SMILES string of the molecule is CCCN1C(=O)C(=O)/C(=C(/O)c2cc(OC)ccc2OC)C1c1ccc(O)c(Cl)c1. The van der Waals surface area contributed by atoms with E-state index in [0.717, 1.165) is 0 Å². The van der Waals surface area contributed by atoms with Gasteiger partial charge >= 0.3 is 0 Å². The van der Waals surface area contributed by atoms with Crippen LogP contribution in [0.4, 0.5) is 0 Å². The predicted molar refractivity (Wildman–Crippen MR) is 112 cm³/mol. The number of aliphatic hydroxyl groups excluding tert-OH is 1. The minimum absolute atomic E-state index is 0.0774. The number of Topliss-reactive ketones (excluding diaryl/α,β-unsaturated/α-hetero) is 1. The summed E-state index contributed by atoms with van der Waals surface area (Å²) in [7, 11) is 2.91. The van der Waals surface area contributed by atoms with Gasteiger partial charge in [-0.1, -0.05) is 24.6 Å². The first-order chi connectivity index (χ1) is 14.3. The number of carbonyl (C=O) groups excluding carboxylic acids is 2. The standard InChI is InChI=1S/C22H22ClNO6/c1-4-9-24-19(12-5-7-16(25)15(23)10-12)18(21(27)22(24)28)20(26)14-11-13(29-2)6-8-17(14)30-3/h5-8,10-11,19,25-26H,4,9H2,1-3H3/b20-18+. The topological polar surface area (TPSA) is 96.3 Å². The monoisotopic (exact) mass is 431 g/mol. The molecule has 1 heterocycles. The molecule has 30 heavy (non-hydrogen) atoms. The molecule has 1 unspecified atom stereocenters. The molecule has 1 aliphatic heterocycles. The molecule has 2 N–H and O–H groups in total. The van der Waals surface area contributed by atoms with Gasteiger partial charge in [-0.2, -0.15) is 0 Å². The zero-order valence-electron chi connectivity index (χ0n) is 16.8. The van der Waals surface area contributed by atoms with E-state index in [9.17, 15) is 19.8 Å². The number of aliphatic hydroxyl groups is 1. The van der Waals surface area contributed by atoms with Crippen molar-refractivity contribution >= 4 is 29.1 Å². The molecule has 3 rings (SSSR count). The maximum Gasteiger partial charge on any atom is 0.295 e. The molecule has 0 aliphatic carbocycles. The first-order valence-electron chi connectivity index (χ1n) is 9.33. The Balaban J connectivity index is 2.27. The van der Waals surface area contributed by atoms with E-state index in [4.69, 9.17) is 21.1 Å². The molecule has 1 saturated heterocycles. The average Bonchev–Trinajstić information content (AvgIpc) is 3.00. The number of methoxy groups -OCH3 is 2. The van der Waals surface area contributed by atoms with Crippen LogP contribution in [0.1, 0.15) is 30.5 Å². The number of ketones is 1. The van der Waals surface area contributed by atoms with Crippen molar-refractivity contribution in [2.45, 2.75) is 19.4 Å². The van der Waals surface area contributed by atoms with Gasteiger partial charge in [-0.3, -0.25) is 9.59 Å². The number of aromatic hydroxyl groups is 1.